The molecular weight excluding hydrogens is 224 g/mol. The van der Waals surface area contributed by atoms with Crippen molar-refractivity contribution in [2.75, 3.05) is 6.54 Å². The molecule has 2 aromatic rings. The third-order valence-corrected chi connectivity index (χ3v) is 2.49. The number of fused-ring (bicyclic) bond motifs is 1. The smallest absolute Gasteiger partial charge is 0.258 e. The molecule has 0 amide bonds. The summed E-state index contributed by atoms with van der Waals surface area (Å²) < 4.78 is 1.72. The van der Waals surface area contributed by atoms with Crippen LogP contribution in [-0.2, 0) is 6.54 Å². The molecule has 3 nitrogen and oxygen atoms in total. The monoisotopic (exact) mass is 238 g/mol. The van der Waals surface area contributed by atoms with Crippen molar-refractivity contribution in [1.82, 2.24) is 4.57 Å². The van der Waals surface area contributed by atoms with Crippen LogP contribution in [0, 0.1) is 0 Å². The Morgan fingerprint density at radius 3 is 2.69 bits per heavy atom. The number of aromatic nitrogens is 1. The summed E-state index contributed by atoms with van der Waals surface area (Å²) in [4.78, 5) is 12.0. The Labute approximate surface area is 100 Å². The Kier molecular flexibility index (Phi) is 4.52. The molecule has 2 N–H and O–H groups in total. The Bertz CT molecular complexity index is 522. The molecule has 2 rings (SSSR count). The molecule has 4 heteroatoms. The zero-order chi connectivity index (χ0) is 10.7. The van der Waals surface area contributed by atoms with Gasteiger partial charge in [0.2, 0.25) is 0 Å². The summed E-state index contributed by atoms with van der Waals surface area (Å²) in [5, 5.41) is 1.77. The van der Waals surface area contributed by atoms with Gasteiger partial charge in [0.15, 0.2) is 0 Å². The Morgan fingerprint density at radius 2 is 1.94 bits per heavy atom. The lowest BCUT2D eigenvalue weighted by molar-refractivity contribution is 0.634. The molecule has 1 aromatic heterocycles. The third kappa shape index (κ3) is 2.43. The molecule has 86 valence electrons. The molecule has 0 fully saturated rings. The molecule has 0 radical (unpaired) electrons. The van der Waals surface area contributed by atoms with E-state index in [1.807, 2.05) is 36.5 Å². The highest BCUT2D eigenvalue weighted by atomic mass is 35.5. The molecular formula is C12H15ClN2O. The fourth-order valence-electron chi connectivity index (χ4n) is 1.67. The normalized spacial score (nSPS) is 10.1. The van der Waals surface area contributed by atoms with Gasteiger partial charge in [-0.3, -0.25) is 4.79 Å². The van der Waals surface area contributed by atoms with Crippen molar-refractivity contribution >= 4 is 23.2 Å². The number of hydrogen-bond acceptors (Lipinski definition) is 2. The third-order valence-electron chi connectivity index (χ3n) is 2.49. The lowest BCUT2D eigenvalue weighted by Gasteiger charge is -2.05. The van der Waals surface area contributed by atoms with Gasteiger partial charge in [0.1, 0.15) is 0 Å². The van der Waals surface area contributed by atoms with Crippen molar-refractivity contribution in [3.8, 4) is 0 Å². The summed E-state index contributed by atoms with van der Waals surface area (Å²) in [6, 6.07) is 9.59. The lowest BCUT2D eigenvalue weighted by Crippen LogP contribution is -2.20. The highest BCUT2D eigenvalue weighted by molar-refractivity contribution is 5.85. The molecule has 0 spiro atoms. The largest absolute Gasteiger partial charge is 0.330 e. The summed E-state index contributed by atoms with van der Waals surface area (Å²) in [6.45, 7) is 1.30. The Hall–Kier alpha value is -1.32. The van der Waals surface area contributed by atoms with Gasteiger partial charge in [-0.15, -0.1) is 12.4 Å². The van der Waals surface area contributed by atoms with E-state index in [4.69, 9.17) is 5.73 Å². The fourth-order valence-corrected chi connectivity index (χ4v) is 1.67. The summed E-state index contributed by atoms with van der Waals surface area (Å²) in [6.07, 6.45) is 2.67. The van der Waals surface area contributed by atoms with E-state index in [0.717, 1.165) is 17.2 Å². The Morgan fingerprint density at radius 1 is 1.19 bits per heavy atom. The van der Waals surface area contributed by atoms with Crippen molar-refractivity contribution in [2.45, 2.75) is 13.0 Å². The van der Waals surface area contributed by atoms with E-state index in [1.165, 1.54) is 0 Å². The minimum absolute atomic E-state index is 0. The van der Waals surface area contributed by atoms with Gasteiger partial charge >= 0.3 is 0 Å². The van der Waals surface area contributed by atoms with E-state index in [0.29, 0.717) is 13.1 Å². The van der Waals surface area contributed by atoms with Crippen LogP contribution in [0.4, 0.5) is 0 Å². The van der Waals surface area contributed by atoms with Gasteiger partial charge in [-0.25, -0.2) is 0 Å². The van der Waals surface area contributed by atoms with Gasteiger partial charge in [0, 0.05) is 18.1 Å². The molecule has 1 heterocycles. The van der Waals surface area contributed by atoms with Crippen LogP contribution >= 0.6 is 12.4 Å². The van der Waals surface area contributed by atoms with Crippen LogP contribution in [0.2, 0.25) is 0 Å². The number of hydrogen-bond donors (Lipinski definition) is 1. The molecule has 0 saturated heterocycles. The molecule has 0 atom stereocenters. The van der Waals surface area contributed by atoms with E-state index >= 15 is 0 Å². The number of nitrogens with zero attached hydrogens (tertiary/aromatic N) is 1. The molecule has 0 saturated carbocycles. The quantitative estimate of drug-likeness (QED) is 0.886. The first kappa shape index (κ1) is 12.7. The van der Waals surface area contributed by atoms with Crippen LogP contribution in [0.25, 0.3) is 10.8 Å². The Balaban J connectivity index is 0.00000128. The summed E-state index contributed by atoms with van der Waals surface area (Å²) >= 11 is 0. The number of halogens is 1. The first-order valence-electron chi connectivity index (χ1n) is 5.11. The second-order valence-electron chi connectivity index (χ2n) is 3.54. The average Bonchev–Trinajstić information content (AvgIpc) is 2.29. The first-order valence-corrected chi connectivity index (χ1v) is 5.11. The molecule has 0 bridgehead atoms. The van der Waals surface area contributed by atoms with Crippen LogP contribution in [0.1, 0.15) is 6.42 Å². The second kappa shape index (κ2) is 5.68. The molecule has 0 aliphatic rings. The molecule has 0 aliphatic heterocycles. The first-order chi connectivity index (χ1) is 7.33. The summed E-state index contributed by atoms with van der Waals surface area (Å²) in [7, 11) is 0. The van der Waals surface area contributed by atoms with Gasteiger partial charge in [-0.2, -0.15) is 0 Å². The number of benzene rings is 1. The van der Waals surface area contributed by atoms with Crippen LogP contribution in [0.5, 0.6) is 0 Å². The fraction of sp³-hybridized carbons (Fsp3) is 0.250. The van der Waals surface area contributed by atoms with Gasteiger partial charge in [-0.1, -0.05) is 18.2 Å². The summed E-state index contributed by atoms with van der Waals surface area (Å²) in [5.74, 6) is 0. The molecule has 0 unspecified atom stereocenters. The maximum absolute atomic E-state index is 12.0. The van der Waals surface area contributed by atoms with Crippen LogP contribution in [0.15, 0.2) is 41.3 Å². The highest BCUT2D eigenvalue weighted by Crippen LogP contribution is 2.07. The minimum atomic E-state index is 0. The standard InChI is InChI=1S/C12H14N2O.ClH/c13-7-3-8-14-9-6-10-4-1-2-5-11(10)12(14)15;/h1-2,4-6,9H,3,7-8,13H2;1H. The predicted octanol–water partition coefficient (Wildman–Crippen LogP) is 1.77. The van der Waals surface area contributed by atoms with E-state index in [2.05, 4.69) is 0 Å². The average molecular weight is 239 g/mol. The number of rotatable bonds is 3. The minimum Gasteiger partial charge on any atom is -0.330 e. The highest BCUT2D eigenvalue weighted by Gasteiger charge is 2.00. The summed E-state index contributed by atoms with van der Waals surface area (Å²) in [5.41, 5.74) is 5.49. The number of nitrogens with two attached hydrogens (primary N) is 1. The zero-order valence-electron chi connectivity index (χ0n) is 8.93. The SMILES string of the molecule is Cl.NCCCn1ccc2ccccc2c1=O. The van der Waals surface area contributed by atoms with Crippen molar-refractivity contribution in [1.29, 1.82) is 0 Å². The van der Waals surface area contributed by atoms with E-state index in [-0.39, 0.29) is 18.0 Å². The van der Waals surface area contributed by atoms with Crippen molar-refractivity contribution in [3.63, 3.8) is 0 Å². The maximum Gasteiger partial charge on any atom is 0.258 e. The topological polar surface area (TPSA) is 48.0 Å². The maximum atomic E-state index is 12.0. The van der Waals surface area contributed by atoms with Crippen LogP contribution < -0.4 is 11.3 Å². The second-order valence-corrected chi connectivity index (χ2v) is 3.54. The van der Waals surface area contributed by atoms with Gasteiger partial charge in [0.25, 0.3) is 5.56 Å². The molecule has 0 aliphatic carbocycles. The van der Waals surface area contributed by atoms with Crippen molar-refractivity contribution < 1.29 is 0 Å². The van der Waals surface area contributed by atoms with Gasteiger partial charge in [0.05, 0.1) is 0 Å². The number of pyridine rings is 1. The van der Waals surface area contributed by atoms with Crippen LogP contribution in [0.3, 0.4) is 0 Å². The number of aryl methyl sites for hydroxylation is 1. The van der Waals surface area contributed by atoms with Gasteiger partial charge < -0.3 is 10.3 Å². The van der Waals surface area contributed by atoms with Crippen LogP contribution in [-0.4, -0.2) is 11.1 Å². The van der Waals surface area contributed by atoms with Crippen molar-refractivity contribution in [3.05, 3.63) is 46.9 Å². The van der Waals surface area contributed by atoms with Gasteiger partial charge in [-0.05, 0) is 30.5 Å². The van der Waals surface area contributed by atoms with E-state index in [9.17, 15) is 4.79 Å². The predicted molar refractivity (Wildman–Crippen MR) is 69.1 cm³/mol. The van der Waals surface area contributed by atoms with Crippen molar-refractivity contribution in [2.24, 2.45) is 5.73 Å². The molecule has 16 heavy (non-hydrogen) atoms. The zero-order valence-corrected chi connectivity index (χ0v) is 9.74. The van der Waals surface area contributed by atoms with E-state index in [1.54, 1.807) is 4.57 Å². The molecule has 1 aromatic carbocycles. The lowest BCUT2D eigenvalue weighted by atomic mass is 10.2. The van der Waals surface area contributed by atoms with E-state index < -0.39 is 0 Å².